The minimum absolute atomic E-state index is 0.0577. The molecule has 7 heteroatoms. The number of carboxylic acids is 1. The van der Waals surface area contributed by atoms with Crippen LogP contribution in [-0.4, -0.2) is 16.9 Å². The number of aromatic carboxylic acids is 1. The summed E-state index contributed by atoms with van der Waals surface area (Å²) in [7, 11) is 0. The van der Waals surface area contributed by atoms with E-state index in [1.807, 2.05) is 23.6 Å². The van der Waals surface area contributed by atoms with Gasteiger partial charge in [0.2, 0.25) is 0 Å². The number of carbonyl (C=O) groups is 2. The van der Waals surface area contributed by atoms with Crippen LogP contribution in [0, 0.1) is 11.3 Å². The van der Waals surface area contributed by atoms with Gasteiger partial charge < -0.3 is 5.11 Å². The highest BCUT2D eigenvalue weighted by Gasteiger charge is 2.22. The number of ketones is 1. The molecule has 0 spiro atoms. The van der Waals surface area contributed by atoms with Crippen LogP contribution in [0.1, 0.15) is 31.2 Å². The average molecular weight is 410 g/mol. The highest BCUT2D eigenvalue weighted by Crippen LogP contribution is 2.35. The lowest BCUT2D eigenvalue weighted by atomic mass is 10.0. The number of carboxylic acid groups (broad SMARTS) is 1. The number of nitrogens with zero attached hydrogens (tertiary/aromatic N) is 1. The maximum atomic E-state index is 12.7. The van der Waals surface area contributed by atoms with Gasteiger partial charge in [0.1, 0.15) is 0 Å². The van der Waals surface area contributed by atoms with Crippen LogP contribution in [0.2, 0.25) is 0 Å². The highest BCUT2D eigenvalue weighted by atomic mass is 32.1. The van der Waals surface area contributed by atoms with Crippen molar-refractivity contribution in [2.45, 2.75) is 6.42 Å². The van der Waals surface area contributed by atoms with Gasteiger partial charge in [0.15, 0.2) is 5.78 Å². The second kappa shape index (κ2) is 7.08. The smallest absolute Gasteiger partial charge is 0.337 e. The summed E-state index contributed by atoms with van der Waals surface area (Å²) in [6.45, 7) is 0. The summed E-state index contributed by atoms with van der Waals surface area (Å²) in [6.07, 6.45) is 0.0577. The molecule has 0 saturated heterocycles. The van der Waals surface area contributed by atoms with Crippen molar-refractivity contribution in [2.75, 3.05) is 0 Å². The van der Waals surface area contributed by atoms with E-state index >= 15 is 0 Å². The van der Waals surface area contributed by atoms with E-state index in [-0.39, 0.29) is 17.8 Å². The molecule has 4 nitrogen and oxygen atoms in total. The van der Waals surface area contributed by atoms with Crippen LogP contribution < -0.4 is 0 Å². The number of nitriles is 1. The van der Waals surface area contributed by atoms with Gasteiger partial charge in [-0.2, -0.15) is 5.26 Å². The molecule has 0 bridgehead atoms. The van der Waals surface area contributed by atoms with Gasteiger partial charge in [-0.05, 0) is 46.2 Å². The molecule has 0 saturated carbocycles. The molecule has 0 radical (unpaired) electrons. The predicted octanol–water partition coefficient (Wildman–Crippen LogP) is 5.69. The van der Waals surface area contributed by atoms with Gasteiger partial charge in [-0.3, -0.25) is 4.79 Å². The molecule has 27 heavy (non-hydrogen) atoms. The third kappa shape index (κ3) is 3.30. The van der Waals surface area contributed by atoms with Gasteiger partial charge in [0.05, 0.1) is 22.1 Å². The van der Waals surface area contributed by atoms with Crippen LogP contribution in [0.5, 0.6) is 0 Å². The molecule has 0 fully saturated rings. The van der Waals surface area contributed by atoms with Crippen molar-refractivity contribution in [3.05, 3.63) is 68.7 Å². The molecule has 1 N–H and O–H groups in total. The Morgan fingerprint density at radius 3 is 2.52 bits per heavy atom. The zero-order chi connectivity index (χ0) is 19.0. The first kappa shape index (κ1) is 17.6. The van der Waals surface area contributed by atoms with E-state index in [4.69, 9.17) is 5.26 Å². The summed E-state index contributed by atoms with van der Waals surface area (Å²) in [5, 5.41) is 22.4. The Labute approximate surface area is 166 Å². The molecule has 4 rings (SSSR count). The molecule has 1 aromatic carbocycles. The lowest BCUT2D eigenvalue weighted by Gasteiger charge is -2.03. The summed E-state index contributed by atoms with van der Waals surface area (Å²) in [6, 6.07) is 12.7. The maximum Gasteiger partial charge on any atom is 0.337 e. The van der Waals surface area contributed by atoms with E-state index < -0.39 is 5.97 Å². The van der Waals surface area contributed by atoms with Crippen molar-refractivity contribution >= 4 is 55.2 Å². The summed E-state index contributed by atoms with van der Waals surface area (Å²) in [4.78, 5) is 25.8. The number of hydrogen-bond acceptors (Lipinski definition) is 6. The zero-order valence-electron chi connectivity index (χ0n) is 13.8. The average Bonchev–Trinajstić information content (AvgIpc) is 3.36. The van der Waals surface area contributed by atoms with E-state index in [2.05, 4.69) is 0 Å². The molecule has 3 heterocycles. The first-order valence-corrected chi connectivity index (χ1v) is 10.5. The Balaban J connectivity index is 1.67. The number of carbonyl (C=O) groups excluding carboxylic acids is 1. The SMILES string of the molecule is N#Cc1ccc(-c2scc(CC(=O)c3cc4sccc4s3)c2C(=O)O)cc1. The monoisotopic (exact) mass is 409 g/mol. The molecule has 0 aliphatic rings. The topological polar surface area (TPSA) is 78.2 Å². The molecule has 0 unspecified atom stereocenters. The Bertz CT molecular complexity index is 1180. The van der Waals surface area contributed by atoms with Gasteiger partial charge in [-0.25, -0.2) is 4.79 Å². The maximum absolute atomic E-state index is 12.7. The molecule has 4 aromatic rings. The van der Waals surface area contributed by atoms with Crippen LogP contribution in [0.15, 0.2) is 47.2 Å². The normalized spacial score (nSPS) is 10.8. The van der Waals surface area contributed by atoms with E-state index in [9.17, 15) is 14.7 Å². The van der Waals surface area contributed by atoms with Gasteiger partial charge in [-0.1, -0.05) is 12.1 Å². The number of fused-ring (bicyclic) bond motifs is 1. The molecular formula is C20H11NO3S3. The van der Waals surface area contributed by atoms with Crippen molar-refractivity contribution in [3.63, 3.8) is 0 Å². The van der Waals surface area contributed by atoms with E-state index in [1.54, 1.807) is 41.0 Å². The summed E-state index contributed by atoms with van der Waals surface area (Å²) in [5.41, 5.74) is 1.93. The third-order valence-corrected chi connectivity index (χ3v) is 7.33. The first-order chi connectivity index (χ1) is 13.1. The fourth-order valence-corrected chi connectivity index (χ4v) is 5.95. The third-order valence-electron chi connectivity index (χ3n) is 4.12. The molecule has 0 aliphatic carbocycles. The van der Waals surface area contributed by atoms with Crippen LogP contribution in [0.3, 0.4) is 0 Å². The Morgan fingerprint density at radius 2 is 1.85 bits per heavy atom. The van der Waals surface area contributed by atoms with Gasteiger partial charge in [0.25, 0.3) is 0 Å². The Hall–Kier alpha value is -2.79. The lowest BCUT2D eigenvalue weighted by Crippen LogP contribution is -2.06. The second-order valence-corrected chi connectivity index (χ2v) is 8.73. The number of thiophene rings is 3. The molecule has 3 aromatic heterocycles. The summed E-state index contributed by atoms with van der Waals surface area (Å²) in [5.74, 6) is -1.12. The fourth-order valence-electron chi connectivity index (χ4n) is 2.83. The molecule has 0 atom stereocenters. The predicted molar refractivity (Wildman–Crippen MR) is 109 cm³/mol. The summed E-state index contributed by atoms with van der Waals surface area (Å²) < 4.78 is 2.15. The van der Waals surface area contributed by atoms with Gasteiger partial charge in [-0.15, -0.1) is 34.0 Å². The lowest BCUT2D eigenvalue weighted by molar-refractivity contribution is 0.0697. The number of benzene rings is 1. The van der Waals surface area contributed by atoms with Gasteiger partial charge >= 0.3 is 5.97 Å². The van der Waals surface area contributed by atoms with Crippen molar-refractivity contribution in [2.24, 2.45) is 0 Å². The van der Waals surface area contributed by atoms with Crippen molar-refractivity contribution < 1.29 is 14.7 Å². The first-order valence-electron chi connectivity index (χ1n) is 7.91. The van der Waals surface area contributed by atoms with Crippen molar-refractivity contribution in [3.8, 4) is 16.5 Å². The molecule has 0 aliphatic heterocycles. The largest absolute Gasteiger partial charge is 0.478 e. The molecule has 132 valence electrons. The van der Waals surface area contributed by atoms with Gasteiger partial charge in [0, 0.05) is 20.7 Å². The standard InChI is InChI=1S/C20H11NO3S3/c21-9-11-1-3-12(4-2-11)19-18(20(23)24)13(10-26-19)7-14(22)16-8-17-15(27-16)5-6-25-17/h1-6,8,10H,7H2,(H,23,24). The number of rotatable bonds is 5. The minimum Gasteiger partial charge on any atom is -0.478 e. The zero-order valence-corrected chi connectivity index (χ0v) is 16.2. The van der Waals surface area contributed by atoms with Crippen LogP contribution in [-0.2, 0) is 6.42 Å². The number of hydrogen-bond donors (Lipinski definition) is 1. The Kier molecular flexibility index (Phi) is 4.62. The fraction of sp³-hybridized carbons (Fsp3) is 0.0500. The van der Waals surface area contributed by atoms with E-state index in [0.717, 1.165) is 15.0 Å². The summed E-state index contributed by atoms with van der Waals surface area (Å²) >= 11 is 4.33. The van der Waals surface area contributed by atoms with Crippen LogP contribution >= 0.6 is 34.0 Å². The number of Topliss-reactive ketones (excluding diaryl/α,β-unsaturated/α-hetero) is 1. The van der Waals surface area contributed by atoms with Crippen LogP contribution in [0.4, 0.5) is 0 Å². The van der Waals surface area contributed by atoms with Crippen molar-refractivity contribution in [1.29, 1.82) is 5.26 Å². The molecule has 0 amide bonds. The Morgan fingerprint density at radius 1 is 1.07 bits per heavy atom. The van der Waals surface area contributed by atoms with E-state index in [1.165, 1.54) is 22.7 Å². The van der Waals surface area contributed by atoms with E-state index in [0.29, 0.717) is 20.9 Å². The second-order valence-electron chi connectivity index (χ2n) is 5.82. The highest BCUT2D eigenvalue weighted by molar-refractivity contribution is 7.27. The van der Waals surface area contributed by atoms with Crippen LogP contribution in [0.25, 0.3) is 19.8 Å². The van der Waals surface area contributed by atoms with Crippen molar-refractivity contribution in [1.82, 2.24) is 0 Å². The minimum atomic E-state index is -1.05. The molecular weight excluding hydrogens is 398 g/mol. The quantitative estimate of drug-likeness (QED) is 0.430.